The number of hydrogen-bond donors (Lipinski definition) is 1. The number of unbranched alkanes of at least 4 members (excludes halogenated alkanes) is 2. The average Bonchev–Trinajstić information content (AvgIpc) is 3.02. The van der Waals surface area contributed by atoms with Crippen LogP contribution in [0.2, 0.25) is 0 Å². The Hall–Kier alpha value is -3.16. The first-order valence-electron chi connectivity index (χ1n) is 14.6. The topological polar surface area (TPSA) is 26.0 Å². The van der Waals surface area contributed by atoms with Crippen molar-refractivity contribution in [2.24, 2.45) is 5.73 Å². The van der Waals surface area contributed by atoms with Gasteiger partial charge in [-0.15, -0.1) is 0 Å². The van der Waals surface area contributed by atoms with Gasteiger partial charge in [0.15, 0.2) is 0 Å². The summed E-state index contributed by atoms with van der Waals surface area (Å²) in [5.41, 5.74) is 10.1. The smallest absolute Gasteiger partial charge is 0.0146 e. The summed E-state index contributed by atoms with van der Waals surface area (Å²) < 4.78 is 0. The normalized spacial score (nSPS) is 10.1. The second kappa shape index (κ2) is 20.8. The second-order valence-electron chi connectivity index (χ2n) is 10.1. The molecule has 0 saturated heterocycles. The molecule has 0 heterocycles. The minimum atomic E-state index is 0.0858. The Kier molecular flexibility index (Phi) is 19.1. The van der Waals surface area contributed by atoms with Crippen LogP contribution in [-0.4, -0.2) is 7.05 Å². The van der Waals surface area contributed by atoms with Gasteiger partial charge in [-0.2, -0.15) is 0 Å². The minimum absolute atomic E-state index is 0.0858. The van der Waals surface area contributed by atoms with E-state index in [0.717, 1.165) is 0 Å². The third-order valence-corrected chi connectivity index (χ3v) is 6.69. The molecule has 0 unspecified atom stereocenters. The van der Waals surface area contributed by atoms with E-state index in [1.54, 1.807) is 0 Å². The van der Waals surface area contributed by atoms with Gasteiger partial charge in [-0.25, -0.2) is 0 Å². The Labute approximate surface area is 241 Å². The second-order valence-corrected chi connectivity index (χ2v) is 10.1. The number of hydrogen-bond acceptors (Lipinski definition) is 1. The molecule has 4 rings (SSSR count). The maximum atomic E-state index is 4.50. The molecule has 212 valence electrons. The lowest BCUT2D eigenvalue weighted by molar-refractivity contribution is 0.641. The summed E-state index contributed by atoms with van der Waals surface area (Å²) in [6.07, 6.45) is 4.08. The zero-order valence-corrected chi connectivity index (χ0v) is 26.2. The summed E-state index contributed by atoms with van der Waals surface area (Å²) in [5, 5.41) is 0. The van der Waals surface area contributed by atoms with E-state index >= 15 is 0 Å². The van der Waals surface area contributed by atoms with Crippen LogP contribution in [0.4, 0.5) is 0 Å². The van der Waals surface area contributed by atoms with E-state index in [1.165, 1.54) is 48.6 Å². The Morgan fingerprint density at radius 3 is 0.718 bits per heavy atom. The van der Waals surface area contributed by atoms with Crippen LogP contribution in [0.3, 0.4) is 0 Å². The molecule has 39 heavy (non-hydrogen) atoms. The van der Waals surface area contributed by atoms with Gasteiger partial charge in [0.2, 0.25) is 0 Å². The van der Waals surface area contributed by atoms with Gasteiger partial charge in [0.1, 0.15) is 0 Å². The molecule has 0 saturated carbocycles. The van der Waals surface area contributed by atoms with Gasteiger partial charge in [0.05, 0.1) is 0 Å². The summed E-state index contributed by atoms with van der Waals surface area (Å²) in [6.45, 7) is 17.5. The molecule has 0 radical (unpaired) electrons. The highest BCUT2D eigenvalue weighted by Gasteiger charge is 2.22. The van der Waals surface area contributed by atoms with Crippen LogP contribution in [0.15, 0.2) is 121 Å². The lowest BCUT2D eigenvalue weighted by atomic mass is 9.78. The Balaban J connectivity index is 0.000000572. The van der Waals surface area contributed by atoms with Gasteiger partial charge < -0.3 is 5.73 Å². The summed E-state index contributed by atoms with van der Waals surface area (Å²) in [5.74, 6) is 0. The van der Waals surface area contributed by atoms with Crippen molar-refractivity contribution < 1.29 is 0 Å². The molecule has 4 aromatic carbocycles. The number of rotatable bonds is 6. The summed E-state index contributed by atoms with van der Waals surface area (Å²) in [4.78, 5) is 0. The van der Waals surface area contributed by atoms with E-state index in [9.17, 15) is 0 Å². The van der Waals surface area contributed by atoms with Crippen LogP contribution >= 0.6 is 0 Å². The van der Waals surface area contributed by atoms with Crippen molar-refractivity contribution in [2.45, 2.75) is 85.5 Å². The molecule has 0 spiro atoms. The molecule has 4 aromatic rings. The Morgan fingerprint density at radius 2 is 0.590 bits per heavy atom. The lowest BCUT2D eigenvalue weighted by Gasteiger charge is -2.25. The predicted molar refractivity (Wildman–Crippen MR) is 177 cm³/mol. The quantitative estimate of drug-likeness (QED) is 0.266. The van der Waals surface area contributed by atoms with Gasteiger partial charge in [-0.1, -0.05) is 196 Å². The first-order valence-corrected chi connectivity index (χ1v) is 14.6. The van der Waals surface area contributed by atoms with Gasteiger partial charge in [-0.05, 0) is 29.3 Å². The molecule has 2 N–H and O–H groups in total. The van der Waals surface area contributed by atoms with Crippen molar-refractivity contribution in [3.05, 3.63) is 144 Å². The van der Waals surface area contributed by atoms with E-state index in [1.807, 2.05) is 13.8 Å². The molecule has 1 nitrogen and oxygen atoms in total. The first kappa shape index (κ1) is 35.8. The molecular weight excluding hydrogens is 470 g/mol. The van der Waals surface area contributed by atoms with Crippen LogP contribution < -0.4 is 5.73 Å². The highest BCUT2D eigenvalue weighted by Crippen LogP contribution is 2.31. The van der Waals surface area contributed by atoms with Gasteiger partial charge >= 0.3 is 0 Å². The van der Waals surface area contributed by atoms with Crippen LogP contribution in [0.25, 0.3) is 0 Å². The van der Waals surface area contributed by atoms with Crippen molar-refractivity contribution in [3.8, 4) is 0 Å². The molecule has 0 aliphatic heterocycles. The third-order valence-electron chi connectivity index (χ3n) is 6.69. The van der Waals surface area contributed by atoms with Crippen LogP contribution in [0.5, 0.6) is 0 Å². The SMILES string of the molecule is CC.CC(C)(c1ccccc1)c1ccccc1.CC(C)(c1ccccc1)c1ccccc1.CCCCC.CN. The molecular formula is C38H55N. The Morgan fingerprint density at radius 1 is 0.410 bits per heavy atom. The van der Waals surface area contributed by atoms with Crippen molar-refractivity contribution in [2.75, 3.05) is 7.05 Å². The van der Waals surface area contributed by atoms with Gasteiger partial charge in [-0.3, -0.25) is 0 Å². The predicted octanol–water partition coefficient (Wildman–Crippen LogP) is 10.8. The zero-order chi connectivity index (χ0) is 29.6. The van der Waals surface area contributed by atoms with Crippen molar-refractivity contribution >= 4 is 0 Å². The molecule has 0 fully saturated rings. The summed E-state index contributed by atoms with van der Waals surface area (Å²) in [6, 6.07) is 42.5. The van der Waals surface area contributed by atoms with E-state index < -0.39 is 0 Å². The fraction of sp³-hybridized carbons (Fsp3) is 0.368. The van der Waals surface area contributed by atoms with Crippen LogP contribution in [0, 0.1) is 0 Å². The monoisotopic (exact) mass is 525 g/mol. The fourth-order valence-electron chi connectivity index (χ4n) is 4.11. The zero-order valence-electron chi connectivity index (χ0n) is 26.2. The van der Waals surface area contributed by atoms with E-state index in [0.29, 0.717) is 0 Å². The largest absolute Gasteiger partial charge is 0.333 e. The molecule has 0 atom stereocenters. The van der Waals surface area contributed by atoms with Crippen molar-refractivity contribution in [1.29, 1.82) is 0 Å². The summed E-state index contributed by atoms with van der Waals surface area (Å²) in [7, 11) is 1.50. The molecule has 0 amide bonds. The number of nitrogens with two attached hydrogens (primary N) is 1. The Bertz CT molecular complexity index is 881. The standard InChI is InChI=1S/2C15H16.C5H12.C2H6.CH5N/c2*1-15(2,13-9-5-3-6-10-13)14-11-7-4-8-12-14;1-3-5-4-2;2*1-2/h2*3-12H,1-2H3;3-5H2,1-2H3;1-2H3;2H2,1H3. The van der Waals surface area contributed by atoms with Crippen LogP contribution in [-0.2, 0) is 10.8 Å². The maximum absolute atomic E-state index is 4.50. The van der Waals surface area contributed by atoms with E-state index in [2.05, 4.69) is 169 Å². The molecule has 1 heteroatoms. The van der Waals surface area contributed by atoms with Crippen molar-refractivity contribution in [1.82, 2.24) is 0 Å². The van der Waals surface area contributed by atoms with E-state index in [-0.39, 0.29) is 10.8 Å². The maximum Gasteiger partial charge on any atom is 0.0146 e. The third kappa shape index (κ3) is 12.5. The van der Waals surface area contributed by atoms with Gasteiger partial charge in [0, 0.05) is 10.8 Å². The molecule has 0 aliphatic carbocycles. The summed E-state index contributed by atoms with van der Waals surface area (Å²) >= 11 is 0. The molecule has 0 aliphatic rings. The average molecular weight is 526 g/mol. The van der Waals surface area contributed by atoms with Gasteiger partial charge in [0.25, 0.3) is 0 Å². The fourth-order valence-corrected chi connectivity index (χ4v) is 4.11. The number of benzene rings is 4. The molecule has 0 bridgehead atoms. The molecule has 0 aromatic heterocycles. The minimum Gasteiger partial charge on any atom is -0.333 e. The van der Waals surface area contributed by atoms with Crippen molar-refractivity contribution in [3.63, 3.8) is 0 Å². The van der Waals surface area contributed by atoms with E-state index in [4.69, 9.17) is 0 Å². The lowest BCUT2D eigenvalue weighted by Crippen LogP contribution is -2.18. The van der Waals surface area contributed by atoms with Crippen LogP contribution in [0.1, 0.15) is 96.9 Å². The first-order chi connectivity index (χ1) is 18.8. The highest BCUT2D eigenvalue weighted by atomic mass is 14.4. The highest BCUT2D eigenvalue weighted by molar-refractivity contribution is 5.38.